The summed E-state index contributed by atoms with van der Waals surface area (Å²) >= 11 is 0. The molecule has 0 spiro atoms. The number of amides is 2. The van der Waals surface area contributed by atoms with Crippen LogP contribution >= 0.6 is 0 Å². The molecule has 19 heavy (non-hydrogen) atoms. The van der Waals surface area contributed by atoms with Crippen LogP contribution < -0.4 is 5.32 Å². The Kier molecular flexibility index (Phi) is 3.48. The summed E-state index contributed by atoms with van der Waals surface area (Å²) in [6, 6.07) is 6.28. The lowest BCUT2D eigenvalue weighted by molar-refractivity contribution is -0.134. The fraction of sp³-hybridized carbons (Fsp3) is 0.500. The van der Waals surface area contributed by atoms with Crippen LogP contribution in [0.25, 0.3) is 0 Å². The molecule has 102 valence electrons. The molecule has 0 bridgehead atoms. The van der Waals surface area contributed by atoms with E-state index < -0.39 is 0 Å². The van der Waals surface area contributed by atoms with Gasteiger partial charge in [-0.15, -0.1) is 0 Å². The summed E-state index contributed by atoms with van der Waals surface area (Å²) in [4.78, 5) is 23.1. The van der Waals surface area contributed by atoms with Gasteiger partial charge in [0.1, 0.15) is 0 Å². The number of hydrogen-bond acceptors (Lipinski definition) is 2. The molecule has 1 N–H and O–H groups in total. The third-order valence-electron chi connectivity index (χ3n) is 3.75. The highest BCUT2D eigenvalue weighted by molar-refractivity contribution is 6.01. The van der Waals surface area contributed by atoms with Gasteiger partial charge in [0.2, 0.25) is 11.8 Å². The van der Waals surface area contributed by atoms with Crippen molar-refractivity contribution in [3.05, 3.63) is 34.9 Å². The first-order valence-corrected chi connectivity index (χ1v) is 6.74. The van der Waals surface area contributed by atoms with Crippen molar-refractivity contribution in [2.24, 2.45) is 0 Å². The lowest BCUT2D eigenvalue weighted by Crippen LogP contribution is -2.39. The standard InChI is InChI=1S/C16H21NO2/c1-10-9-11(16(2,3)4)5-6-12(10)13-7-8-14(18)17-15(13)19/h5-6,9,13H,7-8H2,1-4H3,(H,17,18,19). The number of rotatable bonds is 1. The van der Waals surface area contributed by atoms with E-state index >= 15 is 0 Å². The van der Waals surface area contributed by atoms with Gasteiger partial charge in [0, 0.05) is 6.42 Å². The summed E-state index contributed by atoms with van der Waals surface area (Å²) in [5.74, 6) is -0.514. The molecule has 2 amide bonds. The quantitative estimate of drug-likeness (QED) is 0.788. The Morgan fingerprint density at radius 3 is 2.42 bits per heavy atom. The Morgan fingerprint density at radius 1 is 1.21 bits per heavy atom. The van der Waals surface area contributed by atoms with E-state index in [9.17, 15) is 9.59 Å². The SMILES string of the molecule is Cc1cc(C(C)(C)C)ccc1C1CCC(=O)NC1=O. The Bertz CT molecular complexity index is 526. The summed E-state index contributed by atoms with van der Waals surface area (Å²) < 4.78 is 0. The molecule has 2 rings (SSSR count). The molecule has 1 aliphatic rings. The number of aryl methyl sites for hydroxylation is 1. The molecule has 0 aliphatic carbocycles. The van der Waals surface area contributed by atoms with Crippen LogP contribution in [0.3, 0.4) is 0 Å². The number of carbonyl (C=O) groups is 2. The molecule has 3 nitrogen and oxygen atoms in total. The first kappa shape index (κ1) is 13.8. The number of imide groups is 1. The molecular formula is C16H21NO2. The molecule has 1 aromatic carbocycles. The van der Waals surface area contributed by atoms with Crippen LogP contribution in [0.1, 0.15) is 56.2 Å². The van der Waals surface area contributed by atoms with Crippen LogP contribution in [0.4, 0.5) is 0 Å². The lowest BCUT2D eigenvalue weighted by Gasteiger charge is -2.25. The van der Waals surface area contributed by atoms with E-state index in [-0.39, 0.29) is 23.1 Å². The van der Waals surface area contributed by atoms with Gasteiger partial charge in [-0.05, 0) is 35.4 Å². The molecule has 1 atom stereocenters. The minimum atomic E-state index is -0.188. The predicted molar refractivity (Wildman–Crippen MR) is 75.0 cm³/mol. The maximum absolute atomic E-state index is 11.9. The Labute approximate surface area is 114 Å². The van der Waals surface area contributed by atoms with Crippen LogP contribution in [0.15, 0.2) is 18.2 Å². The Morgan fingerprint density at radius 2 is 1.89 bits per heavy atom. The van der Waals surface area contributed by atoms with Crippen LogP contribution in [0.2, 0.25) is 0 Å². The second-order valence-corrected chi connectivity index (χ2v) is 6.33. The van der Waals surface area contributed by atoms with Gasteiger partial charge < -0.3 is 0 Å². The zero-order valence-corrected chi connectivity index (χ0v) is 12.0. The van der Waals surface area contributed by atoms with Gasteiger partial charge in [-0.2, -0.15) is 0 Å². The van der Waals surface area contributed by atoms with Crippen molar-refractivity contribution in [1.29, 1.82) is 0 Å². The topological polar surface area (TPSA) is 46.2 Å². The van der Waals surface area contributed by atoms with Crippen molar-refractivity contribution in [2.45, 2.75) is 51.9 Å². The first-order valence-electron chi connectivity index (χ1n) is 6.74. The molecule has 1 fully saturated rings. The minimum absolute atomic E-state index is 0.105. The summed E-state index contributed by atoms with van der Waals surface area (Å²) in [6.45, 7) is 8.56. The fourth-order valence-electron chi connectivity index (χ4n) is 2.52. The van der Waals surface area contributed by atoms with E-state index in [4.69, 9.17) is 0 Å². The third kappa shape index (κ3) is 2.86. The number of benzene rings is 1. The second kappa shape index (κ2) is 4.80. The smallest absolute Gasteiger partial charge is 0.234 e. The van der Waals surface area contributed by atoms with Crippen LogP contribution in [0, 0.1) is 6.92 Å². The van der Waals surface area contributed by atoms with Gasteiger partial charge in [0.15, 0.2) is 0 Å². The van der Waals surface area contributed by atoms with E-state index in [1.807, 2.05) is 13.0 Å². The van der Waals surface area contributed by atoms with Gasteiger partial charge in [-0.25, -0.2) is 0 Å². The Balaban J connectivity index is 2.31. The highest BCUT2D eigenvalue weighted by atomic mass is 16.2. The normalized spacial score (nSPS) is 20.3. The van der Waals surface area contributed by atoms with Crippen molar-refractivity contribution in [3.8, 4) is 0 Å². The van der Waals surface area contributed by atoms with Crippen LogP contribution in [-0.2, 0) is 15.0 Å². The van der Waals surface area contributed by atoms with Crippen molar-refractivity contribution in [3.63, 3.8) is 0 Å². The first-order chi connectivity index (χ1) is 8.79. The van der Waals surface area contributed by atoms with E-state index in [1.165, 1.54) is 5.56 Å². The summed E-state index contributed by atoms with van der Waals surface area (Å²) in [6.07, 6.45) is 1.04. The highest BCUT2D eigenvalue weighted by Crippen LogP contribution is 2.31. The lowest BCUT2D eigenvalue weighted by atomic mass is 9.82. The van der Waals surface area contributed by atoms with Gasteiger partial charge in [0.05, 0.1) is 5.92 Å². The average molecular weight is 259 g/mol. The highest BCUT2D eigenvalue weighted by Gasteiger charge is 2.29. The molecular weight excluding hydrogens is 238 g/mol. The third-order valence-corrected chi connectivity index (χ3v) is 3.75. The number of hydrogen-bond donors (Lipinski definition) is 1. The molecule has 0 saturated carbocycles. The fourth-order valence-corrected chi connectivity index (χ4v) is 2.52. The van der Waals surface area contributed by atoms with Gasteiger partial charge in [-0.1, -0.05) is 39.0 Å². The zero-order chi connectivity index (χ0) is 14.2. The summed E-state index contributed by atoms with van der Waals surface area (Å²) in [5, 5.41) is 2.42. The number of piperidine rings is 1. The molecule has 1 aliphatic heterocycles. The summed E-state index contributed by atoms with van der Waals surface area (Å²) in [7, 11) is 0. The van der Waals surface area contributed by atoms with E-state index in [0.29, 0.717) is 12.8 Å². The van der Waals surface area contributed by atoms with Crippen molar-refractivity contribution >= 4 is 11.8 Å². The molecule has 1 aromatic rings. The van der Waals surface area contributed by atoms with Gasteiger partial charge >= 0.3 is 0 Å². The largest absolute Gasteiger partial charge is 0.296 e. The molecule has 0 aromatic heterocycles. The van der Waals surface area contributed by atoms with Crippen LogP contribution in [0.5, 0.6) is 0 Å². The number of nitrogens with one attached hydrogen (secondary N) is 1. The maximum atomic E-state index is 11.9. The van der Waals surface area contributed by atoms with E-state index in [1.54, 1.807) is 0 Å². The molecule has 1 heterocycles. The Hall–Kier alpha value is -1.64. The van der Waals surface area contributed by atoms with Crippen molar-refractivity contribution < 1.29 is 9.59 Å². The van der Waals surface area contributed by atoms with E-state index in [2.05, 4.69) is 38.2 Å². The predicted octanol–water partition coefficient (Wildman–Crippen LogP) is 2.81. The second-order valence-electron chi connectivity index (χ2n) is 6.33. The molecule has 1 unspecified atom stereocenters. The monoisotopic (exact) mass is 259 g/mol. The van der Waals surface area contributed by atoms with Crippen LogP contribution in [-0.4, -0.2) is 11.8 Å². The molecule has 3 heteroatoms. The minimum Gasteiger partial charge on any atom is -0.296 e. The van der Waals surface area contributed by atoms with E-state index in [0.717, 1.165) is 11.1 Å². The number of carbonyl (C=O) groups excluding carboxylic acids is 2. The molecule has 0 radical (unpaired) electrons. The van der Waals surface area contributed by atoms with Gasteiger partial charge in [-0.3, -0.25) is 14.9 Å². The van der Waals surface area contributed by atoms with Crippen molar-refractivity contribution in [2.75, 3.05) is 0 Å². The van der Waals surface area contributed by atoms with Gasteiger partial charge in [0.25, 0.3) is 0 Å². The molecule has 1 saturated heterocycles. The zero-order valence-electron chi connectivity index (χ0n) is 12.0. The average Bonchev–Trinajstić information content (AvgIpc) is 2.28. The summed E-state index contributed by atoms with van der Waals surface area (Å²) in [5.41, 5.74) is 3.54. The van der Waals surface area contributed by atoms with Crippen molar-refractivity contribution in [1.82, 2.24) is 5.32 Å². The maximum Gasteiger partial charge on any atom is 0.234 e.